The highest BCUT2D eigenvalue weighted by molar-refractivity contribution is 5.88. The first-order chi connectivity index (χ1) is 9.87. The fraction of sp³-hybridized carbons (Fsp3) is 0.526. The number of carbonyl (C=O) groups excluding carboxylic acids is 1. The summed E-state index contributed by atoms with van der Waals surface area (Å²) in [5, 5.41) is 8.56. The highest BCUT2D eigenvalue weighted by Gasteiger charge is 2.24. The predicted octanol–water partition coefficient (Wildman–Crippen LogP) is 4.96. The van der Waals surface area contributed by atoms with Crippen molar-refractivity contribution < 1.29 is 14.9 Å². The maximum atomic E-state index is 11.5. The Hall–Kier alpha value is -1.61. The van der Waals surface area contributed by atoms with E-state index in [9.17, 15) is 4.79 Å². The monoisotopic (exact) mass is 304 g/mol. The average molecular weight is 304 g/mol. The fourth-order valence-electron chi connectivity index (χ4n) is 2.20. The van der Waals surface area contributed by atoms with E-state index in [0.717, 1.165) is 5.56 Å². The molecule has 1 rings (SSSR count). The first kappa shape index (κ1) is 18.4. The van der Waals surface area contributed by atoms with E-state index in [1.807, 2.05) is 6.92 Å². The van der Waals surface area contributed by atoms with E-state index in [1.54, 1.807) is 0 Å². The first-order valence-corrected chi connectivity index (χ1v) is 7.58. The fourth-order valence-corrected chi connectivity index (χ4v) is 2.20. The maximum Gasteiger partial charge on any atom is 0.368 e. The molecule has 0 bridgehead atoms. The minimum absolute atomic E-state index is 0.00848. The zero-order chi connectivity index (χ0) is 17.3. The Morgan fingerprint density at radius 1 is 1.05 bits per heavy atom. The van der Waals surface area contributed by atoms with Crippen LogP contribution in [0.4, 0.5) is 0 Å². The van der Waals surface area contributed by atoms with Gasteiger partial charge in [0.15, 0.2) is 0 Å². The molecule has 3 heteroatoms. The minimum atomic E-state index is -0.786. The standard InChI is InChI=1S/C19H28O3/c1-12(13(2)17(20)22-21)14-9-15(18(3,4)5)11-16(10-14)19(6,7)8/h9-12,21H,2H2,1,3-8H3. The molecular weight excluding hydrogens is 276 g/mol. The molecule has 0 heterocycles. The molecule has 0 aliphatic rings. The quantitative estimate of drug-likeness (QED) is 0.488. The van der Waals surface area contributed by atoms with Crippen LogP contribution in [0.3, 0.4) is 0 Å². The molecule has 122 valence electrons. The lowest BCUT2D eigenvalue weighted by molar-refractivity contribution is -0.229. The summed E-state index contributed by atoms with van der Waals surface area (Å²) in [5.41, 5.74) is 3.70. The van der Waals surface area contributed by atoms with Crippen LogP contribution in [0.2, 0.25) is 0 Å². The van der Waals surface area contributed by atoms with Gasteiger partial charge in [-0.25, -0.2) is 4.79 Å². The SMILES string of the molecule is C=C(C(=O)OO)C(C)c1cc(C(C)(C)C)cc(C(C)(C)C)c1. The Balaban J connectivity index is 3.42. The summed E-state index contributed by atoms with van der Waals surface area (Å²) in [7, 11) is 0. The third-order valence-corrected chi connectivity index (χ3v) is 4.06. The van der Waals surface area contributed by atoms with Crippen LogP contribution in [-0.4, -0.2) is 11.2 Å². The lowest BCUT2D eigenvalue weighted by atomic mass is 9.77. The summed E-state index contributed by atoms with van der Waals surface area (Å²) in [4.78, 5) is 15.3. The van der Waals surface area contributed by atoms with Gasteiger partial charge in [0.05, 0.1) is 0 Å². The van der Waals surface area contributed by atoms with Gasteiger partial charge in [0.1, 0.15) is 0 Å². The lowest BCUT2D eigenvalue weighted by Gasteiger charge is -2.27. The van der Waals surface area contributed by atoms with E-state index in [4.69, 9.17) is 5.26 Å². The second-order valence-corrected chi connectivity index (χ2v) is 7.97. The van der Waals surface area contributed by atoms with Gasteiger partial charge in [-0.2, -0.15) is 5.26 Å². The molecule has 1 N–H and O–H groups in total. The molecule has 0 amide bonds. The summed E-state index contributed by atoms with van der Waals surface area (Å²) in [6.45, 7) is 18.6. The zero-order valence-electron chi connectivity index (χ0n) is 14.8. The van der Waals surface area contributed by atoms with E-state index in [0.29, 0.717) is 0 Å². The van der Waals surface area contributed by atoms with Crippen molar-refractivity contribution in [3.63, 3.8) is 0 Å². The Morgan fingerprint density at radius 2 is 1.45 bits per heavy atom. The molecule has 0 aromatic heterocycles. The lowest BCUT2D eigenvalue weighted by Crippen LogP contribution is -2.18. The Labute approximate surface area is 133 Å². The molecule has 0 saturated carbocycles. The van der Waals surface area contributed by atoms with E-state index >= 15 is 0 Å². The molecule has 0 aliphatic heterocycles. The van der Waals surface area contributed by atoms with Gasteiger partial charge in [-0.1, -0.05) is 73.2 Å². The Kier molecular flexibility index (Phi) is 5.24. The average Bonchev–Trinajstić information content (AvgIpc) is 2.42. The summed E-state index contributed by atoms with van der Waals surface area (Å²) in [5.74, 6) is -1.01. The van der Waals surface area contributed by atoms with Crippen LogP contribution in [-0.2, 0) is 20.5 Å². The van der Waals surface area contributed by atoms with Gasteiger partial charge >= 0.3 is 5.97 Å². The molecular formula is C19H28O3. The molecule has 0 fully saturated rings. The van der Waals surface area contributed by atoms with E-state index in [1.165, 1.54) is 11.1 Å². The number of benzene rings is 1. The van der Waals surface area contributed by atoms with Crippen molar-refractivity contribution in [3.05, 3.63) is 47.0 Å². The normalized spacial score (nSPS) is 13.6. The largest absolute Gasteiger partial charge is 0.368 e. The molecule has 1 aromatic carbocycles. The van der Waals surface area contributed by atoms with Gasteiger partial charge < -0.3 is 0 Å². The highest BCUT2D eigenvalue weighted by atomic mass is 17.1. The van der Waals surface area contributed by atoms with Crippen LogP contribution >= 0.6 is 0 Å². The Bertz CT molecular complexity index is 539. The number of carbonyl (C=O) groups is 1. The van der Waals surface area contributed by atoms with Crippen LogP contribution in [0.5, 0.6) is 0 Å². The molecule has 1 aromatic rings. The maximum absolute atomic E-state index is 11.5. The third-order valence-electron chi connectivity index (χ3n) is 4.06. The van der Waals surface area contributed by atoms with Gasteiger partial charge in [-0.15, -0.1) is 0 Å². The number of hydrogen-bond acceptors (Lipinski definition) is 3. The van der Waals surface area contributed by atoms with Crippen LogP contribution in [0.25, 0.3) is 0 Å². The molecule has 0 spiro atoms. The molecule has 22 heavy (non-hydrogen) atoms. The van der Waals surface area contributed by atoms with Crippen molar-refractivity contribution in [2.45, 2.75) is 65.2 Å². The van der Waals surface area contributed by atoms with Crippen molar-refractivity contribution >= 4 is 5.97 Å². The molecule has 1 atom stereocenters. The molecule has 0 saturated heterocycles. The van der Waals surface area contributed by atoms with Crippen LogP contribution in [0, 0.1) is 0 Å². The van der Waals surface area contributed by atoms with Crippen LogP contribution in [0.1, 0.15) is 71.1 Å². The second-order valence-electron chi connectivity index (χ2n) is 7.97. The molecule has 0 aliphatic carbocycles. The number of rotatable bonds is 3. The summed E-state index contributed by atoms with van der Waals surface area (Å²) in [6, 6.07) is 6.44. The molecule has 1 unspecified atom stereocenters. The summed E-state index contributed by atoms with van der Waals surface area (Å²) < 4.78 is 0. The third kappa shape index (κ3) is 4.20. The predicted molar refractivity (Wildman–Crippen MR) is 90.1 cm³/mol. The van der Waals surface area contributed by atoms with Gasteiger partial charge in [0.25, 0.3) is 0 Å². The van der Waals surface area contributed by atoms with Crippen molar-refractivity contribution in [3.8, 4) is 0 Å². The molecule has 3 nitrogen and oxygen atoms in total. The van der Waals surface area contributed by atoms with Gasteiger partial charge in [-0.3, -0.25) is 4.89 Å². The van der Waals surface area contributed by atoms with E-state index in [2.05, 4.69) is 71.2 Å². The minimum Gasteiger partial charge on any atom is -0.296 e. The smallest absolute Gasteiger partial charge is 0.296 e. The number of hydrogen-bond donors (Lipinski definition) is 1. The zero-order valence-corrected chi connectivity index (χ0v) is 14.8. The Morgan fingerprint density at radius 3 is 1.77 bits per heavy atom. The van der Waals surface area contributed by atoms with E-state index in [-0.39, 0.29) is 22.3 Å². The van der Waals surface area contributed by atoms with Crippen LogP contribution in [0.15, 0.2) is 30.4 Å². The van der Waals surface area contributed by atoms with Crippen molar-refractivity contribution in [1.29, 1.82) is 0 Å². The topological polar surface area (TPSA) is 46.5 Å². The second kappa shape index (κ2) is 6.25. The molecule has 0 radical (unpaired) electrons. The summed E-state index contributed by atoms with van der Waals surface area (Å²) >= 11 is 0. The summed E-state index contributed by atoms with van der Waals surface area (Å²) in [6.07, 6.45) is 0. The van der Waals surface area contributed by atoms with Crippen molar-refractivity contribution in [2.24, 2.45) is 0 Å². The highest BCUT2D eigenvalue weighted by Crippen LogP contribution is 2.34. The van der Waals surface area contributed by atoms with Gasteiger partial charge in [0.2, 0.25) is 0 Å². The van der Waals surface area contributed by atoms with Gasteiger partial charge in [-0.05, 0) is 27.5 Å². The van der Waals surface area contributed by atoms with E-state index < -0.39 is 5.97 Å². The van der Waals surface area contributed by atoms with Gasteiger partial charge in [0, 0.05) is 11.5 Å². The van der Waals surface area contributed by atoms with Crippen LogP contribution < -0.4 is 0 Å². The van der Waals surface area contributed by atoms with Crippen molar-refractivity contribution in [2.75, 3.05) is 0 Å². The van der Waals surface area contributed by atoms with Crippen molar-refractivity contribution in [1.82, 2.24) is 0 Å². The first-order valence-electron chi connectivity index (χ1n) is 7.58.